The van der Waals surface area contributed by atoms with Crippen LogP contribution in [0.1, 0.15) is 50.6 Å². The topological polar surface area (TPSA) is 101 Å². The van der Waals surface area contributed by atoms with Crippen LogP contribution >= 0.6 is 15.9 Å². The van der Waals surface area contributed by atoms with Gasteiger partial charge in [-0.05, 0) is 70.5 Å². The van der Waals surface area contributed by atoms with Gasteiger partial charge in [-0.25, -0.2) is 28.4 Å². The molecule has 3 heterocycles. The number of aromatic nitrogens is 3. The first-order valence-corrected chi connectivity index (χ1v) is 13.3. The minimum Gasteiger partial charge on any atom is -0.443 e. The summed E-state index contributed by atoms with van der Waals surface area (Å²) in [5.41, 5.74) is 1.26. The van der Waals surface area contributed by atoms with Crippen LogP contribution < -0.4 is 4.90 Å². The summed E-state index contributed by atoms with van der Waals surface area (Å²) in [6.45, 7) is 8.15. The zero-order valence-corrected chi connectivity index (χ0v) is 24.1. The molecule has 1 aliphatic heterocycles. The van der Waals surface area contributed by atoms with E-state index in [1.165, 1.54) is 4.90 Å². The summed E-state index contributed by atoms with van der Waals surface area (Å²) in [5.74, 6) is -0.837. The highest BCUT2D eigenvalue weighted by Crippen LogP contribution is 2.36. The molecule has 39 heavy (non-hydrogen) atoms. The normalized spacial score (nSPS) is 18.1. The number of carbonyl (C=O) groups is 1. The maximum atomic E-state index is 14.0. The quantitative estimate of drug-likeness (QED) is 0.381. The number of alkyl halides is 2. The van der Waals surface area contributed by atoms with Gasteiger partial charge >= 0.3 is 6.09 Å². The molecule has 4 rings (SSSR count). The third kappa shape index (κ3) is 6.68. The monoisotopic (exact) mass is 607 g/mol. The first kappa shape index (κ1) is 29.2. The molecule has 2 aromatic heterocycles. The van der Waals surface area contributed by atoms with Crippen LogP contribution in [0.25, 0.3) is 11.0 Å². The van der Waals surface area contributed by atoms with Gasteiger partial charge in [0.15, 0.2) is 11.6 Å². The van der Waals surface area contributed by atoms with Crippen LogP contribution in [0.5, 0.6) is 0 Å². The van der Waals surface area contributed by atoms with Gasteiger partial charge in [0, 0.05) is 29.9 Å². The molecule has 1 aromatic carbocycles. The Hall–Kier alpha value is -2.80. The lowest BCUT2D eigenvalue weighted by Gasteiger charge is -2.35. The van der Waals surface area contributed by atoms with Gasteiger partial charge in [-0.1, -0.05) is 22.0 Å². The average Bonchev–Trinajstić information content (AvgIpc) is 2.85. The van der Waals surface area contributed by atoms with Crippen LogP contribution in [-0.4, -0.2) is 69.1 Å². The van der Waals surface area contributed by atoms with Crippen LogP contribution in [0.15, 0.2) is 34.9 Å². The maximum absolute atomic E-state index is 14.0. The Morgan fingerprint density at radius 2 is 2.05 bits per heavy atom. The third-order valence-electron chi connectivity index (χ3n) is 6.34. The highest BCUT2D eigenvalue weighted by atomic mass is 79.9. The number of aliphatic hydroxyl groups excluding tert-OH is 1. The molecular formula is C27H32BrF2N5O4. The smallest absolute Gasteiger partial charge is 0.420 e. The zero-order chi connectivity index (χ0) is 28.5. The molecule has 0 spiro atoms. The second-order valence-corrected chi connectivity index (χ2v) is 11.4. The Kier molecular flexibility index (Phi) is 8.79. The summed E-state index contributed by atoms with van der Waals surface area (Å²) in [6.07, 6.45) is -2.14. The van der Waals surface area contributed by atoms with E-state index in [4.69, 9.17) is 9.47 Å². The summed E-state index contributed by atoms with van der Waals surface area (Å²) < 4.78 is 39.7. The Morgan fingerprint density at radius 3 is 2.72 bits per heavy atom. The van der Waals surface area contributed by atoms with E-state index in [9.17, 15) is 18.7 Å². The van der Waals surface area contributed by atoms with Crippen LogP contribution in [0.3, 0.4) is 0 Å². The van der Waals surface area contributed by atoms with E-state index in [0.717, 1.165) is 4.47 Å². The van der Waals surface area contributed by atoms with E-state index in [-0.39, 0.29) is 29.5 Å². The molecule has 0 bridgehead atoms. The molecule has 9 nitrogen and oxygen atoms in total. The van der Waals surface area contributed by atoms with Crippen molar-refractivity contribution in [1.82, 2.24) is 19.9 Å². The van der Waals surface area contributed by atoms with Crippen molar-refractivity contribution in [2.45, 2.75) is 64.8 Å². The molecule has 0 radical (unpaired) electrons. The van der Waals surface area contributed by atoms with E-state index < -0.39 is 30.0 Å². The number of halogens is 3. The molecule has 0 saturated carbocycles. The second-order valence-electron chi connectivity index (χ2n) is 10.5. The van der Waals surface area contributed by atoms with Crippen molar-refractivity contribution in [2.24, 2.45) is 0 Å². The molecule has 2 atom stereocenters. The van der Waals surface area contributed by atoms with Crippen LogP contribution in [0, 0.1) is 6.92 Å². The number of aliphatic hydroxyl groups is 1. The van der Waals surface area contributed by atoms with Crippen LogP contribution in [0.4, 0.5) is 25.1 Å². The van der Waals surface area contributed by atoms with Crippen molar-refractivity contribution < 1.29 is 28.2 Å². The summed E-state index contributed by atoms with van der Waals surface area (Å²) in [7, 11) is 1.87. The average molecular weight is 608 g/mol. The van der Waals surface area contributed by atoms with Crippen LogP contribution in [-0.2, 0) is 16.0 Å². The minimum atomic E-state index is -2.99. The van der Waals surface area contributed by atoms with Crippen LogP contribution in [0.2, 0.25) is 0 Å². The number of carbonyl (C=O) groups excluding carboxylic acids is 1. The van der Waals surface area contributed by atoms with E-state index in [2.05, 4.69) is 30.9 Å². The van der Waals surface area contributed by atoms with E-state index in [1.807, 2.05) is 18.0 Å². The molecule has 1 amide bonds. The van der Waals surface area contributed by atoms with E-state index in [0.29, 0.717) is 36.4 Å². The number of anilines is 2. The Bertz CT molecular complexity index is 1350. The summed E-state index contributed by atoms with van der Waals surface area (Å²) in [5, 5.41) is 10.3. The van der Waals surface area contributed by atoms with E-state index >= 15 is 0 Å². The first-order chi connectivity index (χ1) is 18.4. The fourth-order valence-electron chi connectivity index (χ4n) is 4.48. The number of hydrogen-bond acceptors (Lipinski definition) is 8. The number of rotatable bonds is 6. The Labute approximate surface area is 234 Å². The fourth-order valence-corrected chi connectivity index (χ4v) is 4.83. The molecule has 1 N–H and O–H groups in total. The lowest BCUT2D eigenvalue weighted by molar-refractivity contribution is -0.0605. The maximum Gasteiger partial charge on any atom is 0.420 e. The molecule has 0 unspecified atom stereocenters. The SMILES string of the molecule is Cc1c(Br)cccc1N(C(=O)OC(C)(C)C)c1nc(C(F)F)nc2cc(CN(C)[C@@H]3CCOC[C@@H]3O)cnc12. The number of ether oxygens (including phenoxy) is 2. The van der Waals surface area contributed by atoms with Gasteiger partial charge < -0.3 is 14.6 Å². The molecule has 210 valence electrons. The Morgan fingerprint density at radius 1 is 1.31 bits per heavy atom. The van der Waals surface area contributed by atoms with Gasteiger partial charge in [-0.15, -0.1) is 0 Å². The highest BCUT2D eigenvalue weighted by Gasteiger charge is 2.32. The fraction of sp³-hybridized carbons (Fsp3) is 0.481. The summed E-state index contributed by atoms with van der Waals surface area (Å²) in [6, 6.07) is 6.76. The van der Waals surface area contributed by atoms with Crippen molar-refractivity contribution in [3.8, 4) is 0 Å². The zero-order valence-electron chi connectivity index (χ0n) is 22.5. The Balaban J connectivity index is 1.83. The number of hydrogen-bond donors (Lipinski definition) is 1. The van der Waals surface area contributed by atoms with Crippen molar-refractivity contribution in [1.29, 1.82) is 0 Å². The van der Waals surface area contributed by atoms with Gasteiger partial charge in [-0.3, -0.25) is 9.88 Å². The lowest BCUT2D eigenvalue weighted by atomic mass is 10.0. The van der Waals surface area contributed by atoms with Crippen molar-refractivity contribution in [3.05, 3.63) is 51.9 Å². The predicted octanol–water partition coefficient (Wildman–Crippen LogP) is 5.69. The molecule has 3 aromatic rings. The van der Waals surface area contributed by atoms with Gasteiger partial charge in [0.05, 0.1) is 23.9 Å². The van der Waals surface area contributed by atoms with Crippen molar-refractivity contribution in [3.63, 3.8) is 0 Å². The van der Waals surface area contributed by atoms with Gasteiger partial charge in [0.2, 0.25) is 0 Å². The summed E-state index contributed by atoms with van der Waals surface area (Å²) in [4.78, 5) is 29.4. The molecule has 1 saturated heterocycles. The number of amides is 1. The second kappa shape index (κ2) is 11.7. The predicted molar refractivity (Wildman–Crippen MR) is 146 cm³/mol. The summed E-state index contributed by atoms with van der Waals surface area (Å²) >= 11 is 3.48. The lowest BCUT2D eigenvalue weighted by Crippen LogP contribution is -2.46. The number of benzene rings is 1. The van der Waals surface area contributed by atoms with Crippen molar-refractivity contribution >= 4 is 44.6 Å². The standard InChI is InChI=1S/C27H32BrF2N5O4/c1-15-17(28)7-6-8-19(15)35(26(37)39-27(2,3)4)25-22-18(32-24(33-25)23(29)30)11-16(12-31-22)13-34(5)20-9-10-38-14-21(20)36/h6-8,11-12,20-21,23,36H,9-10,13-14H2,1-5H3/t20-,21+/m1/s1. The minimum absolute atomic E-state index is 0.106. The molecule has 1 aliphatic rings. The number of fused-ring (bicyclic) bond motifs is 1. The third-order valence-corrected chi connectivity index (χ3v) is 7.20. The molecular weight excluding hydrogens is 576 g/mol. The van der Waals surface area contributed by atoms with Gasteiger partial charge in [0.1, 0.15) is 11.1 Å². The molecule has 12 heteroatoms. The molecule has 0 aliphatic carbocycles. The van der Waals surface area contributed by atoms with Crippen molar-refractivity contribution in [2.75, 3.05) is 25.2 Å². The first-order valence-electron chi connectivity index (χ1n) is 12.5. The van der Waals surface area contributed by atoms with E-state index in [1.54, 1.807) is 52.1 Å². The van der Waals surface area contributed by atoms with Gasteiger partial charge in [-0.2, -0.15) is 0 Å². The molecule has 1 fully saturated rings. The largest absolute Gasteiger partial charge is 0.443 e. The highest BCUT2D eigenvalue weighted by molar-refractivity contribution is 9.10. The van der Waals surface area contributed by atoms with Gasteiger partial charge in [0.25, 0.3) is 6.43 Å². The number of nitrogens with zero attached hydrogens (tertiary/aromatic N) is 5. The number of pyridine rings is 1. The number of likely N-dealkylation sites (N-methyl/N-ethyl adjacent to an activating group) is 1.